The largest absolute Gasteiger partial charge is 0.393 e. The zero-order chi connectivity index (χ0) is 15.3. The van der Waals surface area contributed by atoms with Crippen molar-refractivity contribution in [2.24, 2.45) is 5.92 Å². The average molecular weight is 300 g/mol. The van der Waals surface area contributed by atoms with E-state index in [1.807, 2.05) is 29.2 Å². The van der Waals surface area contributed by atoms with Crippen LogP contribution in [0.1, 0.15) is 31.7 Å². The molecule has 1 aromatic rings. The third-order valence-corrected chi connectivity index (χ3v) is 3.96. The van der Waals surface area contributed by atoms with Gasteiger partial charge in [0.2, 0.25) is 0 Å². The van der Waals surface area contributed by atoms with Crippen LogP contribution in [0.2, 0.25) is 0 Å². The Morgan fingerprint density at radius 2 is 2.05 bits per heavy atom. The Kier molecular flexibility index (Phi) is 5.51. The van der Waals surface area contributed by atoms with Gasteiger partial charge in [0.25, 0.3) is 0 Å². The summed E-state index contributed by atoms with van der Waals surface area (Å²) in [4.78, 5) is 1.89. The highest BCUT2D eigenvalue weighted by Gasteiger charge is 2.42. The molecule has 1 aliphatic heterocycles. The van der Waals surface area contributed by atoms with E-state index in [1.165, 1.54) is 0 Å². The Morgan fingerprint density at radius 3 is 2.76 bits per heavy atom. The maximum absolute atomic E-state index is 12.9. The molecule has 0 saturated carbocycles. The van der Waals surface area contributed by atoms with Crippen LogP contribution in [0.4, 0.5) is 18.9 Å². The van der Waals surface area contributed by atoms with Crippen LogP contribution in [0.15, 0.2) is 24.3 Å². The van der Waals surface area contributed by atoms with E-state index in [0.29, 0.717) is 19.5 Å². The topological polar surface area (TPSA) is 15.3 Å². The molecule has 0 spiro atoms. The van der Waals surface area contributed by atoms with E-state index in [9.17, 15) is 13.2 Å². The lowest BCUT2D eigenvalue weighted by Crippen LogP contribution is -2.42. The first-order valence-corrected chi connectivity index (χ1v) is 7.62. The number of hydrogen-bond acceptors (Lipinski definition) is 2. The molecule has 1 fully saturated rings. The van der Waals surface area contributed by atoms with E-state index in [0.717, 1.165) is 24.2 Å². The maximum atomic E-state index is 12.9. The van der Waals surface area contributed by atoms with Crippen molar-refractivity contribution in [1.29, 1.82) is 0 Å². The first-order chi connectivity index (χ1) is 10.0. The van der Waals surface area contributed by atoms with Gasteiger partial charge in [-0.2, -0.15) is 13.2 Å². The lowest BCUT2D eigenvalue weighted by Gasteiger charge is -2.36. The number of nitrogens with one attached hydrogen (secondary N) is 1. The number of rotatable bonds is 5. The van der Waals surface area contributed by atoms with E-state index >= 15 is 0 Å². The molecular formula is C16H23F3N2. The van der Waals surface area contributed by atoms with Crippen LogP contribution >= 0.6 is 0 Å². The van der Waals surface area contributed by atoms with Crippen LogP contribution < -0.4 is 10.2 Å². The van der Waals surface area contributed by atoms with Gasteiger partial charge in [-0.05, 0) is 37.4 Å². The number of benzene rings is 1. The summed E-state index contributed by atoms with van der Waals surface area (Å²) in [6.07, 6.45) is -2.20. The molecule has 2 rings (SSSR count). The second-order valence-electron chi connectivity index (χ2n) is 5.63. The van der Waals surface area contributed by atoms with Crippen molar-refractivity contribution in [1.82, 2.24) is 5.32 Å². The van der Waals surface area contributed by atoms with E-state index < -0.39 is 12.1 Å². The van der Waals surface area contributed by atoms with Crippen molar-refractivity contribution in [3.05, 3.63) is 29.8 Å². The fraction of sp³-hybridized carbons (Fsp3) is 0.625. The molecule has 0 amide bonds. The molecule has 1 saturated heterocycles. The molecule has 21 heavy (non-hydrogen) atoms. The smallest absolute Gasteiger partial charge is 0.371 e. The van der Waals surface area contributed by atoms with Crippen molar-refractivity contribution in [2.75, 3.05) is 24.5 Å². The summed E-state index contributed by atoms with van der Waals surface area (Å²) in [6.45, 7) is 4.50. The number of nitrogens with zero attached hydrogens (tertiary/aromatic N) is 1. The standard InChI is InChI=1S/C16H23F3N2/c1-2-9-20-11-13-6-3-4-8-15(13)21-10-5-7-14(12-21)16(17,18)19/h3-4,6,8,14,20H,2,5,7,9-12H2,1H3. The lowest BCUT2D eigenvalue weighted by molar-refractivity contribution is -0.176. The van der Waals surface area contributed by atoms with Gasteiger partial charge in [0, 0.05) is 25.3 Å². The van der Waals surface area contributed by atoms with Crippen LogP contribution in [-0.2, 0) is 6.54 Å². The van der Waals surface area contributed by atoms with Gasteiger partial charge >= 0.3 is 6.18 Å². The molecule has 0 radical (unpaired) electrons. The second-order valence-corrected chi connectivity index (χ2v) is 5.63. The third kappa shape index (κ3) is 4.37. The molecule has 2 nitrogen and oxygen atoms in total. The minimum atomic E-state index is -4.09. The molecule has 0 aromatic heterocycles. The minimum Gasteiger partial charge on any atom is -0.371 e. The summed E-state index contributed by atoms with van der Waals surface area (Å²) >= 11 is 0. The quantitative estimate of drug-likeness (QED) is 0.828. The second kappa shape index (κ2) is 7.16. The average Bonchev–Trinajstić information content (AvgIpc) is 2.47. The Balaban J connectivity index is 2.10. The van der Waals surface area contributed by atoms with E-state index in [2.05, 4.69) is 12.2 Å². The molecule has 1 heterocycles. The number of alkyl halides is 3. The number of para-hydroxylation sites is 1. The van der Waals surface area contributed by atoms with Crippen molar-refractivity contribution in [3.8, 4) is 0 Å². The molecule has 1 aliphatic rings. The lowest BCUT2D eigenvalue weighted by atomic mass is 9.96. The Morgan fingerprint density at radius 1 is 1.29 bits per heavy atom. The number of piperidine rings is 1. The molecule has 1 N–H and O–H groups in total. The zero-order valence-electron chi connectivity index (χ0n) is 12.4. The van der Waals surface area contributed by atoms with Crippen LogP contribution in [0.25, 0.3) is 0 Å². The van der Waals surface area contributed by atoms with Gasteiger partial charge in [-0.3, -0.25) is 0 Å². The summed E-state index contributed by atoms with van der Waals surface area (Å²) < 4.78 is 38.8. The predicted octanol–water partition coefficient (Wildman–Crippen LogP) is 3.96. The number of halogens is 3. The Labute approximate surface area is 124 Å². The van der Waals surface area contributed by atoms with Crippen LogP contribution in [0.5, 0.6) is 0 Å². The summed E-state index contributed by atoms with van der Waals surface area (Å²) in [5.41, 5.74) is 2.02. The SMILES string of the molecule is CCCNCc1ccccc1N1CCCC(C(F)(F)F)C1. The highest BCUT2D eigenvalue weighted by Crippen LogP contribution is 2.35. The van der Waals surface area contributed by atoms with Gasteiger partial charge in [-0.25, -0.2) is 0 Å². The van der Waals surface area contributed by atoms with Crippen molar-refractivity contribution < 1.29 is 13.2 Å². The molecular weight excluding hydrogens is 277 g/mol. The van der Waals surface area contributed by atoms with Crippen molar-refractivity contribution >= 4 is 5.69 Å². The van der Waals surface area contributed by atoms with Gasteiger partial charge in [0.05, 0.1) is 5.92 Å². The van der Waals surface area contributed by atoms with Gasteiger partial charge in [-0.15, -0.1) is 0 Å². The van der Waals surface area contributed by atoms with Crippen LogP contribution in [0.3, 0.4) is 0 Å². The molecule has 1 atom stereocenters. The first-order valence-electron chi connectivity index (χ1n) is 7.62. The Hall–Kier alpha value is -1.23. The summed E-state index contributed by atoms with van der Waals surface area (Å²) in [6, 6.07) is 7.77. The van der Waals surface area contributed by atoms with Crippen LogP contribution in [0, 0.1) is 5.92 Å². The number of anilines is 1. The predicted molar refractivity (Wildman–Crippen MR) is 79.4 cm³/mol. The molecule has 5 heteroatoms. The fourth-order valence-electron chi connectivity index (χ4n) is 2.83. The molecule has 0 aliphatic carbocycles. The maximum Gasteiger partial charge on any atom is 0.393 e. The first kappa shape index (κ1) is 16.1. The third-order valence-electron chi connectivity index (χ3n) is 3.96. The van der Waals surface area contributed by atoms with E-state index in [4.69, 9.17) is 0 Å². The van der Waals surface area contributed by atoms with E-state index in [-0.39, 0.29) is 13.0 Å². The van der Waals surface area contributed by atoms with E-state index in [1.54, 1.807) is 0 Å². The molecule has 0 bridgehead atoms. The Bertz CT molecular complexity index is 445. The minimum absolute atomic E-state index is 0.0777. The summed E-state index contributed by atoms with van der Waals surface area (Å²) in [7, 11) is 0. The monoisotopic (exact) mass is 300 g/mol. The van der Waals surface area contributed by atoms with Crippen LogP contribution in [-0.4, -0.2) is 25.8 Å². The highest BCUT2D eigenvalue weighted by molar-refractivity contribution is 5.54. The van der Waals surface area contributed by atoms with Gasteiger partial charge < -0.3 is 10.2 Å². The molecule has 1 aromatic carbocycles. The summed E-state index contributed by atoms with van der Waals surface area (Å²) in [5.74, 6) is -1.21. The number of hydrogen-bond donors (Lipinski definition) is 1. The molecule has 1 unspecified atom stereocenters. The van der Waals surface area contributed by atoms with Gasteiger partial charge in [0.1, 0.15) is 0 Å². The van der Waals surface area contributed by atoms with Gasteiger partial charge in [-0.1, -0.05) is 25.1 Å². The fourth-order valence-corrected chi connectivity index (χ4v) is 2.83. The normalized spacial score (nSPS) is 19.8. The zero-order valence-corrected chi connectivity index (χ0v) is 12.4. The van der Waals surface area contributed by atoms with Crippen molar-refractivity contribution in [3.63, 3.8) is 0 Å². The highest BCUT2D eigenvalue weighted by atomic mass is 19.4. The molecule has 118 valence electrons. The van der Waals surface area contributed by atoms with Crippen molar-refractivity contribution in [2.45, 2.75) is 38.9 Å². The van der Waals surface area contributed by atoms with Gasteiger partial charge in [0.15, 0.2) is 0 Å². The summed E-state index contributed by atoms with van der Waals surface area (Å²) in [5, 5.41) is 3.32.